The van der Waals surface area contributed by atoms with Crippen molar-refractivity contribution in [3.63, 3.8) is 0 Å². The average Bonchev–Trinajstić information content (AvgIpc) is 2.63. The van der Waals surface area contributed by atoms with Crippen molar-refractivity contribution in [2.45, 2.75) is 25.7 Å². The molecule has 0 aromatic rings. The van der Waals surface area contributed by atoms with Gasteiger partial charge in [-0.3, -0.25) is 4.79 Å². The van der Waals surface area contributed by atoms with Gasteiger partial charge < -0.3 is 0 Å². The Balaban J connectivity index is 0.000000120. The van der Waals surface area contributed by atoms with Gasteiger partial charge >= 0.3 is 0 Å². The third kappa shape index (κ3) is 2.85. The van der Waals surface area contributed by atoms with Gasteiger partial charge in [-0.05, 0) is 49.1 Å². The maximum Gasteiger partial charge on any atom is 0.208 e. The van der Waals surface area contributed by atoms with Gasteiger partial charge in [0.2, 0.25) is 5.75 Å². The first-order chi connectivity index (χ1) is 4.38. The highest BCUT2D eigenvalue weighted by Crippen LogP contribution is 2.49. The molecule has 0 heterocycles. The molecule has 2 aliphatic rings. The van der Waals surface area contributed by atoms with Gasteiger partial charge in [0.25, 0.3) is 0 Å². The lowest BCUT2D eigenvalue weighted by Crippen LogP contribution is -1.70. The molecular formula is C7H11ClO. The Bertz CT molecular complexity index is 85.1. The molecule has 0 radical (unpaired) electrons. The van der Waals surface area contributed by atoms with Crippen LogP contribution < -0.4 is 0 Å². The van der Waals surface area contributed by atoms with E-state index in [9.17, 15) is 0 Å². The van der Waals surface area contributed by atoms with Crippen LogP contribution in [0.15, 0.2) is 0 Å². The highest BCUT2D eigenvalue weighted by molar-refractivity contribution is 6.54. The number of halogens is 1. The van der Waals surface area contributed by atoms with Gasteiger partial charge in [0.05, 0.1) is 0 Å². The lowest BCUT2D eigenvalue weighted by molar-refractivity contribution is 0.569. The lowest BCUT2D eigenvalue weighted by atomic mass is 10.3. The van der Waals surface area contributed by atoms with Crippen molar-refractivity contribution in [1.29, 1.82) is 0 Å². The number of carbonyl (C=O) groups excluding carboxylic acids is 1. The second-order valence-electron chi connectivity index (χ2n) is 2.76. The molecule has 0 N–H and O–H groups in total. The van der Waals surface area contributed by atoms with Crippen LogP contribution in [0, 0.1) is 11.8 Å². The predicted octanol–water partition coefficient (Wildman–Crippen LogP) is 2.22. The molecule has 0 atom stereocenters. The van der Waals surface area contributed by atoms with Crippen molar-refractivity contribution < 1.29 is 4.79 Å². The quantitative estimate of drug-likeness (QED) is 0.410. The molecule has 0 aromatic carbocycles. The SMILES string of the molecule is C1CC1C1CC1.O=CCl. The van der Waals surface area contributed by atoms with Crippen molar-refractivity contribution in [3.8, 4) is 0 Å². The number of rotatable bonds is 1. The summed E-state index contributed by atoms with van der Waals surface area (Å²) in [6, 6.07) is 0. The van der Waals surface area contributed by atoms with Crippen LogP contribution in [-0.4, -0.2) is 5.75 Å². The minimum Gasteiger partial charge on any atom is -0.285 e. The molecule has 0 spiro atoms. The van der Waals surface area contributed by atoms with Gasteiger partial charge in [0.1, 0.15) is 0 Å². The Kier molecular flexibility index (Phi) is 2.52. The summed E-state index contributed by atoms with van der Waals surface area (Å²) in [5, 5.41) is 0. The zero-order valence-corrected chi connectivity index (χ0v) is 6.10. The standard InChI is InChI=1S/C6H10.CHClO/c1-2-5(1)6-3-4-6;2-1-3/h5-6H,1-4H2;1H. The molecule has 2 saturated carbocycles. The lowest BCUT2D eigenvalue weighted by Gasteiger charge is -1.77. The van der Waals surface area contributed by atoms with Crippen LogP contribution in [-0.2, 0) is 4.79 Å². The van der Waals surface area contributed by atoms with Crippen LogP contribution in [0.4, 0.5) is 0 Å². The summed E-state index contributed by atoms with van der Waals surface area (Å²) >= 11 is 4.32. The molecule has 0 unspecified atom stereocenters. The topological polar surface area (TPSA) is 17.1 Å². The minimum atomic E-state index is 0.222. The van der Waals surface area contributed by atoms with Crippen LogP contribution in [0.5, 0.6) is 0 Å². The average molecular weight is 147 g/mol. The Labute approximate surface area is 60.4 Å². The number of carbonyl (C=O) groups is 1. The molecule has 2 heteroatoms. The highest BCUT2D eigenvalue weighted by Gasteiger charge is 2.37. The van der Waals surface area contributed by atoms with Gasteiger partial charge in [-0.25, -0.2) is 0 Å². The second-order valence-corrected chi connectivity index (χ2v) is 2.94. The third-order valence-corrected chi connectivity index (χ3v) is 1.91. The van der Waals surface area contributed by atoms with Gasteiger partial charge in [0, 0.05) is 0 Å². The van der Waals surface area contributed by atoms with Crippen molar-refractivity contribution in [2.24, 2.45) is 11.8 Å². The normalized spacial score (nSPS) is 24.1. The summed E-state index contributed by atoms with van der Waals surface area (Å²) in [7, 11) is 0. The van der Waals surface area contributed by atoms with Crippen molar-refractivity contribution in [1.82, 2.24) is 0 Å². The summed E-state index contributed by atoms with van der Waals surface area (Å²) in [6.07, 6.45) is 6.24. The maximum absolute atomic E-state index is 8.57. The molecule has 0 saturated heterocycles. The molecule has 2 rings (SSSR count). The fourth-order valence-electron chi connectivity index (χ4n) is 1.14. The fourth-order valence-corrected chi connectivity index (χ4v) is 1.14. The molecule has 0 aromatic heterocycles. The number of hydrogen-bond donors (Lipinski definition) is 0. The monoisotopic (exact) mass is 146 g/mol. The van der Waals surface area contributed by atoms with Crippen LogP contribution in [0.2, 0.25) is 0 Å². The van der Waals surface area contributed by atoms with E-state index in [1.165, 1.54) is 11.8 Å². The van der Waals surface area contributed by atoms with Gasteiger partial charge in [-0.15, -0.1) is 0 Å². The van der Waals surface area contributed by atoms with E-state index in [1.54, 1.807) is 25.7 Å². The molecule has 0 amide bonds. The Morgan fingerprint density at radius 2 is 1.33 bits per heavy atom. The molecule has 0 aliphatic heterocycles. The van der Waals surface area contributed by atoms with Crippen LogP contribution in [0.3, 0.4) is 0 Å². The van der Waals surface area contributed by atoms with Gasteiger partial charge in [-0.1, -0.05) is 0 Å². The maximum atomic E-state index is 8.57. The van der Waals surface area contributed by atoms with E-state index >= 15 is 0 Å². The first-order valence-corrected chi connectivity index (χ1v) is 3.86. The van der Waals surface area contributed by atoms with Crippen LogP contribution in [0.25, 0.3) is 0 Å². The Morgan fingerprint density at radius 3 is 1.44 bits per heavy atom. The molecule has 9 heavy (non-hydrogen) atoms. The summed E-state index contributed by atoms with van der Waals surface area (Å²) in [6.45, 7) is 0. The minimum absolute atomic E-state index is 0.222. The van der Waals surface area contributed by atoms with Crippen molar-refractivity contribution in [3.05, 3.63) is 0 Å². The molecular weight excluding hydrogens is 136 g/mol. The molecule has 2 aliphatic carbocycles. The van der Waals surface area contributed by atoms with E-state index in [0.29, 0.717) is 0 Å². The van der Waals surface area contributed by atoms with Crippen molar-refractivity contribution in [2.75, 3.05) is 0 Å². The first kappa shape index (κ1) is 7.07. The molecule has 0 bridgehead atoms. The summed E-state index contributed by atoms with van der Waals surface area (Å²) in [5.41, 5.74) is 0. The molecule has 52 valence electrons. The second kappa shape index (κ2) is 3.21. The molecule has 2 fully saturated rings. The first-order valence-electron chi connectivity index (χ1n) is 3.42. The number of hydrogen-bond acceptors (Lipinski definition) is 1. The van der Waals surface area contributed by atoms with Crippen LogP contribution in [0.1, 0.15) is 25.7 Å². The van der Waals surface area contributed by atoms with E-state index in [-0.39, 0.29) is 5.75 Å². The Hall–Kier alpha value is -0.0400. The van der Waals surface area contributed by atoms with Gasteiger partial charge in [-0.2, -0.15) is 0 Å². The summed E-state index contributed by atoms with van der Waals surface area (Å²) in [5.74, 6) is 2.65. The van der Waals surface area contributed by atoms with Crippen molar-refractivity contribution >= 4 is 17.3 Å². The Morgan fingerprint density at radius 1 is 1.11 bits per heavy atom. The van der Waals surface area contributed by atoms with E-state index in [4.69, 9.17) is 4.79 Å². The molecule has 1 nitrogen and oxygen atoms in total. The third-order valence-electron chi connectivity index (χ3n) is 1.91. The van der Waals surface area contributed by atoms with E-state index in [0.717, 1.165) is 0 Å². The van der Waals surface area contributed by atoms with E-state index < -0.39 is 0 Å². The predicted molar refractivity (Wildman–Crippen MR) is 38.1 cm³/mol. The largest absolute Gasteiger partial charge is 0.285 e. The van der Waals surface area contributed by atoms with E-state index in [1.807, 2.05) is 0 Å². The van der Waals surface area contributed by atoms with E-state index in [2.05, 4.69) is 11.6 Å². The zero-order chi connectivity index (χ0) is 6.69. The highest BCUT2D eigenvalue weighted by atomic mass is 35.5. The van der Waals surface area contributed by atoms with Crippen LogP contribution >= 0.6 is 11.6 Å². The summed E-state index contributed by atoms with van der Waals surface area (Å²) < 4.78 is 0. The zero-order valence-electron chi connectivity index (χ0n) is 5.35. The fraction of sp³-hybridized carbons (Fsp3) is 0.857. The smallest absolute Gasteiger partial charge is 0.208 e. The van der Waals surface area contributed by atoms with Gasteiger partial charge in [0.15, 0.2) is 0 Å². The summed E-state index contributed by atoms with van der Waals surface area (Å²) in [4.78, 5) is 8.57.